The van der Waals surface area contributed by atoms with Gasteiger partial charge in [0, 0.05) is 41.5 Å². The van der Waals surface area contributed by atoms with Crippen LogP contribution in [0.1, 0.15) is 28.8 Å². The molecule has 4 rings (SSSR count). The number of nitrogens with one attached hydrogen (secondary N) is 1. The smallest absolute Gasteiger partial charge is 0.272 e. The molecule has 8 nitrogen and oxygen atoms in total. The number of aromatic nitrogens is 2. The van der Waals surface area contributed by atoms with Gasteiger partial charge >= 0.3 is 0 Å². The van der Waals surface area contributed by atoms with Gasteiger partial charge in [-0.05, 0) is 56.2 Å². The van der Waals surface area contributed by atoms with Crippen LogP contribution < -0.4 is 10.2 Å². The molecule has 1 saturated heterocycles. The van der Waals surface area contributed by atoms with Crippen LogP contribution in [-0.2, 0) is 0 Å². The van der Waals surface area contributed by atoms with Crippen molar-refractivity contribution in [3.05, 3.63) is 75.8 Å². The molecule has 0 radical (unpaired) electrons. The Bertz CT molecular complexity index is 1090. The van der Waals surface area contributed by atoms with Gasteiger partial charge in [-0.3, -0.25) is 14.9 Å². The fourth-order valence-electron chi connectivity index (χ4n) is 3.56. The summed E-state index contributed by atoms with van der Waals surface area (Å²) in [6.45, 7) is 3.63. The lowest BCUT2D eigenvalue weighted by Crippen LogP contribution is -2.19. The van der Waals surface area contributed by atoms with Crippen molar-refractivity contribution in [2.24, 2.45) is 0 Å². The second-order valence-corrected chi connectivity index (χ2v) is 7.26. The number of carbonyl (C=O) groups is 1. The maximum Gasteiger partial charge on any atom is 0.272 e. The zero-order valence-corrected chi connectivity index (χ0v) is 16.5. The molecule has 1 aliphatic rings. The van der Waals surface area contributed by atoms with Crippen LogP contribution in [0.2, 0.25) is 0 Å². The Balaban J connectivity index is 1.50. The molecule has 1 aromatic heterocycles. The number of rotatable bonds is 5. The minimum Gasteiger partial charge on any atom is -0.355 e. The molecule has 152 valence electrons. The standard InChI is InChI=1S/C22H21N5O3/c1-15-13-17(7-9-20(15)27(29)30)22(28)23-18-6-4-5-16(14-18)19-8-10-21(25-24-19)26-11-2-3-12-26/h4-10,13-14H,2-3,11-12H2,1H3,(H,23,28). The van der Waals surface area contributed by atoms with Crippen molar-refractivity contribution in [1.82, 2.24) is 10.2 Å². The Morgan fingerprint density at radius 1 is 1.07 bits per heavy atom. The average Bonchev–Trinajstić information content (AvgIpc) is 3.28. The first-order chi connectivity index (χ1) is 14.5. The van der Waals surface area contributed by atoms with E-state index in [1.165, 1.54) is 31.0 Å². The number of nitro groups is 1. The Hall–Kier alpha value is -3.81. The molecule has 1 fully saturated rings. The van der Waals surface area contributed by atoms with Gasteiger partial charge in [-0.2, -0.15) is 0 Å². The molecule has 2 heterocycles. The van der Waals surface area contributed by atoms with Crippen LogP contribution >= 0.6 is 0 Å². The Morgan fingerprint density at radius 3 is 2.53 bits per heavy atom. The molecule has 0 unspecified atom stereocenters. The summed E-state index contributed by atoms with van der Waals surface area (Å²) in [5.41, 5.74) is 2.96. The number of carbonyl (C=O) groups excluding carboxylic acids is 1. The number of nitro benzene ring substituents is 1. The third-order valence-electron chi connectivity index (χ3n) is 5.15. The highest BCUT2D eigenvalue weighted by Crippen LogP contribution is 2.24. The molecule has 1 N–H and O–H groups in total. The normalized spacial score (nSPS) is 13.3. The number of benzene rings is 2. The second kappa shape index (κ2) is 8.28. The number of aryl methyl sites for hydroxylation is 1. The SMILES string of the molecule is Cc1cc(C(=O)Nc2cccc(-c3ccc(N4CCCC4)nn3)c2)ccc1[N+](=O)[O-]. The third kappa shape index (κ3) is 4.12. The van der Waals surface area contributed by atoms with Crippen LogP contribution in [0.3, 0.4) is 0 Å². The summed E-state index contributed by atoms with van der Waals surface area (Å²) in [7, 11) is 0. The predicted molar refractivity (Wildman–Crippen MR) is 115 cm³/mol. The summed E-state index contributed by atoms with van der Waals surface area (Å²) in [5.74, 6) is 0.551. The molecule has 1 amide bonds. The van der Waals surface area contributed by atoms with Crippen LogP contribution in [0.15, 0.2) is 54.6 Å². The lowest BCUT2D eigenvalue weighted by atomic mass is 10.1. The van der Waals surface area contributed by atoms with E-state index in [4.69, 9.17) is 0 Å². The molecule has 0 aliphatic carbocycles. The van der Waals surface area contributed by atoms with E-state index in [1.54, 1.807) is 13.0 Å². The van der Waals surface area contributed by atoms with E-state index < -0.39 is 4.92 Å². The van der Waals surface area contributed by atoms with E-state index in [2.05, 4.69) is 20.4 Å². The number of amides is 1. The van der Waals surface area contributed by atoms with E-state index in [0.29, 0.717) is 16.8 Å². The van der Waals surface area contributed by atoms with Crippen LogP contribution in [-0.4, -0.2) is 34.1 Å². The maximum atomic E-state index is 12.6. The highest BCUT2D eigenvalue weighted by Gasteiger charge is 2.15. The fraction of sp³-hybridized carbons (Fsp3) is 0.227. The summed E-state index contributed by atoms with van der Waals surface area (Å²) in [6, 6.07) is 15.6. The van der Waals surface area contributed by atoms with Crippen molar-refractivity contribution in [2.45, 2.75) is 19.8 Å². The monoisotopic (exact) mass is 403 g/mol. The van der Waals surface area contributed by atoms with Crippen LogP contribution in [0.4, 0.5) is 17.2 Å². The van der Waals surface area contributed by atoms with Gasteiger partial charge in [-0.1, -0.05) is 12.1 Å². The zero-order valence-electron chi connectivity index (χ0n) is 16.5. The van der Waals surface area contributed by atoms with Crippen LogP contribution in [0.5, 0.6) is 0 Å². The van der Waals surface area contributed by atoms with E-state index in [0.717, 1.165) is 30.2 Å². The van der Waals surface area contributed by atoms with Gasteiger partial charge in [0.1, 0.15) is 0 Å². The van der Waals surface area contributed by atoms with Crippen LogP contribution in [0.25, 0.3) is 11.3 Å². The lowest BCUT2D eigenvalue weighted by Gasteiger charge is -2.15. The van der Waals surface area contributed by atoms with Crippen molar-refractivity contribution in [3.63, 3.8) is 0 Å². The first-order valence-corrected chi connectivity index (χ1v) is 9.77. The number of hydrogen-bond donors (Lipinski definition) is 1. The van der Waals surface area contributed by atoms with E-state index in [9.17, 15) is 14.9 Å². The highest BCUT2D eigenvalue weighted by atomic mass is 16.6. The largest absolute Gasteiger partial charge is 0.355 e. The molecule has 3 aromatic rings. The molecule has 0 bridgehead atoms. The Kier molecular flexibility index (Phi) is 5.38. The van der Waals surface area contributed by atoms with Crippen LogP contribution in [0, 0.1) is 17.0 Å². The minimum absolute atomic E-state index is 0.00972. The third-order valence-corrected chi connectivity index (χ3v) is 5.15. The fourth-order valence-corrected chi connectivity index (χ4v) is 3.56. The molecule has 0 atom stereocenters. The van der Waals surface area contributed by atoms with E-state index in [1.807, 2.05) is 30.3 Å². The van der Waals surface area contributed by atoms with Crippen molar-refractivity contribution in [1.29, 1.82) is 0 Å². The van der Waals surface area contributed by atoms with Gasteiger partial charge in [0.2, 0.25) is 0 Å². The quantitative estimate of drug-likeness (QED) is 0.506. The van der Waals surface area contributed by atoms with E-state index >= 15 is 0 Å². The molecule has 0 spiro atoms. The van der Waals surface area contributed by atoms with Crippen molar-refractivity contribution in [2.75, 3.05) is 23.3 Å². The number of nitrogens with zero attached hydrogens (tertiary/aromatic N) is 4. The molecule has 1 aliphatic heterocycles. The zero-order chi connectivity index (χ0) is 21.1. The summed E-state index contributed by atoms with van der Waals surface area (Å²) >= 11 is 0. The number of hydrogen-bond acceptors (Lipinski definition) is 6. The first-order valence-electron chi connectivity index (χ1n) is 9.77. The van der Waals surface area contributed by atoms with Crippen molar-refractivity contribution in [3.8, 4) is 11.3 Å². The molecule has 8 heteroatoms. The summed E-state index contributed by atoms with van der Waals surface area (Å²) in [4.78, 5) is 25.3. The molecule has 30 heavy (non-hydrogen) atoms. The second-order valence-electron chi connectivity index (χ2n) is 7.26. The average molecular weight is 403 g/mol. The van der Waals surface area contributed by atoms with Gasteiger partial charge < -0.3 is 10.2 Å². The van der Waals surface area contributed by atoms with Gasteiger partial charge in [0.25, 0.3) is 11.6 Å². The minimum atomic E-state index is -0.462. The highest BCUT2D eigenvalue weighted by molar-refractivity contribution is 6.04. The topological polar surface area (TPSA) is 101 Å². The van der Waals surface area contributed by atoms with Gasteiger partial charge in [0.15, 0.2) is 5.82 Å². The summed E-state index contributed by atoms with van der Waals surface area (Å²) in [6.07, 6.45) is 2.36. The van der Waals surface area contributed by atoms with Crippen molar-refractivity contribution >= 4 is 23.1 Å². The summed E-state index contributed by atoms with van der Waals surface area (Å²) < 4.78 is 0. The lowest BCUT2D eigenvalue weighted by molar-refractivity contribution is -0.385. The van der Waals surface area contributed by atoms with Gasteiger partial charge in [-0.15, -0.1) is 10.2 Å². The maximum absolute atomic E-state index is 12.6. The summed E-state index contributed by atoms with van der Waals surface area (Å²) in [5, 5.41) is 22.5. The van der Waals surface area contributed by atoms with Crippen molar-refractivity contribution < 1.29 is 9.72 Å². The van der Waals surface area contributed by atoms with Gasteiger partial charge in [-0.25, -0.2) is 0 Å². The predicted octanol–water partition coefficient (Wildman–Crippen LogP) is 4.21. The first kappa shape index (κ1) is 19.5. The Morgan fingerprint density at radius 2 is 1.87 bits per heavy atom. The molecule has 2 aromatic carbocycles. The Labute approximate surface area is 173 Å². The van der Waals surface area contributed by atoms with E-state index in [-0.39, 0.29) is 11.6 Å². The molecular formula is C22H21N5O3. The molecule has 0 saturated carbocycles. The van der Waals surface area contributed by atoms with Gasteiger partial charge in [0.05, 0.1) is 10.6 Å². The number of anilines is 2. The molecular weight excluding hydrogens is 382 g/mol.